The number of carbonyl (C=O) groups is 1. The number of nitrogens with one attached hydrogen (secondary N) is 1. The largest absolute Gasteiger partial charge is 0.506 e. The minimum atomic E-state index is -0.100. The molecule has 1 aliphatic rings. The lowest BCUT2D eigenvalue weighted by molar-refractivity contribution is -0.115. The Balaban J connectivity index is 2.54. The summed E-state index contributed by atoms with van der Waals surface area (Å²) >= 11 is 0. The molecule has 0 atom stereocenters. The summed E-state index contributed by atoms with van der Waals surface area (Å²) in [6.45, 7) is 0.330. The number of likely N-dealkylation sites (N-methyl/N-ethyl adjacent to an activating group) is 1. The zero-order chi connectivity index (χ0) is 9.42. The molecule has 13 heavy (non-hydrogen) atoms. The van der Waals surface area contributed by atoms with Crippen molar-refractivity contribution >= 4 is 17.3 Å². The van der Waals surface area contributed by atoms with Gasteiger partial charge in [0.05, 0.1) is 12.2 Å². The number of nitrogens with zero attached hydrogens (tertiary/aromatic N) is 1. The second kappa shape index (κ2) is 2.65. The van der Waals surface area contributed by atoms with Gasteiger partial charge in [-0.1, -0.05) is 6.07 Å². The smallest absolute Gasteiger partial charge is 0.244 e. The van der Waals surface area contributed by atoms with Gasteiger partial charge in [-0.15, -0.1) is 0 Å². The van der Waals surface area contributed by atoms with Gasteiger partial charge in [-0.2, -0.15) is 0 Å². The van der Waals surface area contributed by atoms with Crippen LogP contribution in [0.1, 0.15) is 0 Å². The predicted molar refractivity (Wildman–Crippen MR) is 50.0 cm³/mol. The fraction of sp³-hybridized carbons (Fsp3) is 0.222. The van der Waals surface area contributed by atoms with Gasteiger partial charge in [-0.05, 0) is 12.1 Å². The van der Waals surface area contributed by atoms with E-state index in [0.717, 1.165) is 5.69 Å². The molecular weight excluding hydrogens is 168 g/mol. The molecule has 0 saturated heterocycles. The van der Waals surface area contributed by atoms with E-state index in [2.05, 4.69) is 5.32 Å². The highest BCUT2D eigenvalue weighted by molar-refractivity contribution is 6.02. The molecule has 0 aliphatic carbocycles. The molecule has 1 aliphatic heterocycles. The van der Waals surface area contributed by atoms with Crippen LogP contribution in [0.3, 0.4) is 0 Å². The van der Waals surface area contributed by atoms with Gasteiger partial charge in [-0.3, -0.25) is 4.79 Å². The first kappa shape index (κ1) is 7.91. The number of fused-ring (bicyclic) bond motifs is 1. The molecule has 0 spiro atoms. The summed E-state index contributed by atoms with van der Waals surface area (Å²) in [6.07, 6.45) is 0. The molecule has 68 valence electrons. The van der Waals surface area contributed by atoms with Crippen LogP contribution < -0.4 is 10.2 Å². The number of amides is 1. The van der Waals surface area contributed by atoms with Crippen molar-refractivity contribution in [3.63, 3.8) is 0 Å². The van der Waals surface area contributed by atoms with E-state index in [0.29, 0.717) is 12.2 Å². The number of aromatic hydroxyl groups is 1. The number of benzene rings is 1. The molecule has 1 aromatic rings. The summed E-state index contributed by atoms with van der Waals surface area (Å²) in [7, 11) is 1.82. The van der Waals surface area contributed by atoms with Crippen molar-refractivity contribution < 1.29 is 9.90 Å². The molecule has 0 saturated carbocycles. The topological polar surface area (TPSA) is 52.6 Å². The fourth-order valence-corrected chi connectivity index (χ4v) is 1.45. The Labute approximate surface area is 75.8 Å². The second-order valence-electron chi connectivity index (χ2n) is 3.08. The van der Waals surface area contributed by atoms with Crippen LogP contribution in [0.25, 0.3) is 0 Å². The normalized spacial score (nSPS) is 15.2. The monoisotopic (exact) mass is 178 g/mol. The maximum atomic E-state index is 11.1. The highest BCUT2D eigenvalue weighted by atomic mass is 16.3. The molecule has 4 nitrogen and oxygen atoms in total. The molecule has 0 radical (unpaired) electrons. The van der Waals surface area contributed by atoms with E-state index in [4.69, 9.17) is 0 Å². The van der Waals surface area contributed by atoms with E-state index in [-0.39, 0.29) is 11.7 Å². The number of para-hydroxylation sites is 1. The van der Waals surface area contributed by atoms with E-state index in [9.17, 15) is 9.90 Å². The van der Waals surface area contributed by atoms with Crippen LogP contribution in [-0.4, -0.2) is 24.6 Å². The van der Waals surface area contributed by atoms with E-state index < -0.39 is 0 Å². The number of rotatable bonds is 0. The Kier molecular flexibility index (Phi) is 1.62. The molecule has 1 heterocycles. The minimum absolute atomic E-state index is 0.100. The molecule has 0 bridgehead atoms. The fourth-order valence-electron chi connectivity index (χ4n) is 1.45. The van der Waals surface area contributed by atoms with E-state index in [1.54, 1.807) is 17.0 Å². The second-order valence-corrected chi connectivity index (χ2v) is 3.08. The van der Waals surface area contributed by atoms with Crippen LogP contribution in [0.15, 0.2) is 18.2 Å². The average Bonchev–Trinajstić information content (AvgIpc) is 2.07. The van der Waals surface area contributed by atoms with Gasteiger partial charge < -0.3 is 15.3 Å². The Morgan fingerprint density at radius 1 is 1.54 bits per heavy atom. The van der Waals surface area contributed by atoms with E-state index in [1.807, 2.05) is 13.1 Å². The van der Waals surface area contributed by atoms with Crippen molar-refractivity contribution in [3.05, 3.63) is 18.2 Å². The summed E-state index contributed by atoms with van der Waals surface area (Å²) in [4.78, 5) is 12.9. The molecule has 1 aromatic carbocycles. The lowest BCUT2D eigenvalue weighted by Gasteiger charge is -2.27. The lowest BCUT2D eigenvalue weighted by atomic mass is 10.2. The maximum Gasteiger partial charge on any atom is 0.244 e. The van der Waals surface area contributed by atoms with Gasteiger partial charge in [-0.25, -0.2) is 0 Å². The number of phenols is 1. The standard InChI is InChI=1S/C9H10N2O2/c1-11-5-8(13)10-9-6(11)3-2-4-7(9)12/h2-4,12H,5H2,1H3,(H,10,13). The van der Waals surface area contributed by atoms with Crippen LogP contribution in [0.4, 0.5) is 11.4 Å². The molecule has 0 fully saturated rings. The highest BCUT2D eigenvalue weighted by Crippen LogP contribution is 2.35. The van der Waals surface area contributed by atoms with Crippen LogP contribution in [0.2, 0.25) is 0 Å². The van der Waals surface area contributed by atoms with Crippen molar-refractivity contribution in [2.24, 2.45) is 0 Å². The van der Waals surface area contributed by atoms with Gasteiger partial charge in [0.1, 0.15) is 11.4 Å². The number of phenolic OH excluding ortho intramolecular Hbond substituents is 1. The molecular formula is C9H10N2O2. The Hall–Kier alpha value is -1.71. The van der Waals surface area contributed by atoms with Gasteiger partial charge in [0, 0.05) is 7.05 Å². The number of anilines is 2. The first-order chi connectivity index (χ1) is 6.18. The van der Waals surface area contributed by atoms with E-state index >= 15 is 0 Å². The Morgan fingerprint density at radius 3 is 3.08 bits per heavy atom. The first-order valence-electron chi connectivity index (χ1n) is 4.01. The van der Waals surface area contributed by atoms with Gasteiger partial charge in [0.2, 0.25) is 5.91 Å². The van der Waals surface area contributed by atoms with Gasteiger partial charge >= 0.3 is 0 Å². The summed E-state index contributed by atoms with van der Waals surface area (Å²) in [6, 6.07) is 5.16. The van der Waals surface area contributed by atoms with Crippen molar-refractivity contribution in [1.29, 1.82) is 0 Å². The van der Waals surface area contributed by atoms with Crippen molar-refractivity contribution in [2.75, 3.05) is 23.8 Å². The summed E-state index contributed by atoms with van der Waals surface area (Å²) in [5.74, 6) is 0.00824. The Bertz CT molecular complexity index is 363. The summed E-state index contributed by atoms with van der Waals surface area (Å²) in [5, 5.41) is 12.1. The molecule has 0 aromatic heterocycles. The highest BCUT2D eigenvalue weighted by Gasteiger charge is 2.20. The molecule has 4 heteroatoms. The van der Waals surface area contributed by atoms with Crippen molar-refractivity contribution in [2.45, 2.75) is 0 Å². The quantitative estimate of drug-likeness (QED) is 0.577. The summed E-state index contributed by atoms with van der Waals surface area (Å²) < 4.78 is 0. The molecule has 2 N–H and O–H groups in total. The zero-order valence-electron chi connectivity index (χ0n) is 7.24. The van der Waals surface area contributed by atoms with Crippen LogP contribution in [0.5, 0.6) is 5.75 Å². The van der Waals surface area contributed by atoms with Gasteiger partial charge in [0.25, 0.3) is 0 Å². The van der Waals surface area contributed by atoms with Gasteiger partial charge in [0.15, 0.2) is 0 Å². The SMILES string of the molecule is CN1CC(=O)Nc2c(O)cccc21. The number of hydrogen-bond donors (Lipinski definition) is 2. The predicted octanol–water partition coefficient (Wildman–Crippen LogP) is 0.780. The van der Waals surface area contributed by atoms with Crippen LogP contribution >= 0.6 is 0 Å². The van der Waals surface area contributed by atoms with Crippen LogP contribution in [0, 0.1) is 0 Å². The lowest BCUT2D eigenvalue weighted by Crippen LogP contribution is -2.35. The maximum absolute atomic E-state index is 11.1. The third-order valence-electron chi connectivity index (χ3n) is 2.08. The average molecular weight is 178 g/mol. The third kappa shape index (κ3) is 1.20. The Morgan fingerprint density at radius 2 is 2.31 bits per heavy atom. The van der Waals surface area contributed by atoms with E-state index in [1.165, 1.54) is 0 Å². The van der Waals surface area contributed by atoms with Crippen molar-refractivity contribution in [3.8, 4) is 5.75 Å². The third-order valence-corrected chi connectivity index (χ3v) is 2.08. The number of hydrogen-bond acceptors (Lipinski definition) is 3. The number of carbonyl (C=O) groups excluding carboxylic acids is 1. The zero-order valence-corrected chi connectivity index (χ0v) is 7.24. The molecule has 0 unspecified atom stereocenters. The van der Waals surface area contributed by atoms with Crippen LogP contribution in [-0.2, 0) is 4.79 Å². The molecule has 1 amide bonds. The summed E-state index contributed by atoms with van der Waals surface area (Å²) in [5.41, 5.74) is 1.35. The minimum Gasteiger partial charge on any atom is -0.506 e. The van der Waals surface area contributed by atoms with Crippen molar-refractivity contribution in [1.82, 2.24) is 0 Å². The molecule has 2 rings (SSSR count). The first-order valence-corrected chi connectivity index (χ1v) is 4.01.